The maximum Gasteiger partial charge on any atom is 0.338 e. The number of carbonyl (C=O) groups is 2. The predicted octanol–water partition coefficient (Wildman–Crippen LogP) is 3.06. The number of aromatic nitrogens is 2. The lowest BCUT2D eigenvalue weighted by Gasteiger charge is -2.08. The first-order valence-corrected chi connectivity index (χ1v) is 7.46. The molecule has 120 valence electrons. The molecule has 6 heteroatoms. The molecule has 2 aromatic carbocycles. The average Bonchev–Trinajstić information content (AvgIpc) is 2.61. The third-order valence-corrected chi connectivity index (χ3v) is 3.36. The highest BCUT2D eigenvalue weighted by molar-refractivity contribution is 6.06. The van der Waals surface area contributed by atoms with Crippen LogP contribution in [0.4, 0.5) is 5.69 Å². The number of hydrogen-bond acceptors (Lipinski definition) is 5. The van der Waals surface area contributed by atoms with Crippen molar-refractivity contribution in [3.8, 4) is 0 Å². The van der Waals surface area contributed by atoms with Gasteiger partial charge in [0, 0.05) is 23.6 Å². The SMILES string of the molecule is CCOC(=O)c1cccc(NC(=O)c2ccc3nccnc3c2)c1. The third-order valence-electron chi connectivity index (χ3n) is 3.36. The van der Waals surface area contributed by atoms with Crippen molar-refractivity contribution in [2.45, 2.75) is 6.92 Å². The number of carbonyl (C=O) groups excluding carboxylic acids is 2. The highest BCUT2D eigenvalue weighted by Gasteiger charge is 2.10. The van der Waals surface area contributed by atoms with E-state index < -0.39 is 5.97 Å². The molecule has 0 saturated heterocycles. The highest BCUT2D eigenvalue weighted by atomic mass is 16.5. The zero-order chi connectivity index (χ0) is 16.9. The van der Waals surface area contributed by atoms with Gasteiger partial charge in [0.05, 0.1) is 23.2 Å². The van der Waals surface area contributed by atoms with E-state index in [9.17, 15) is 9.59 Å². The molecule has 0 bridgehead atoms. The first-order valence-electron chi connectivity index (χ1n) is 7.46. The van der Waals surface area contributed by atoms with E-state index in [1.54, 1.807) is 61.8 Å². The van der Waals surface area contributed by atoms with E-state index in [1.807, 2.05) is 0 Å². The molecular formula is C18H15N3O3. The summed E-state index contributed by atoms with van der Waals surface area (Å²) in [6, 6.07) is 11.7. The molecule has 0 unspecified atom stereocenters. The van der Waals surface area contributed by atoms with Crippen LogP contribution in [0.15, 0.2) is 54.9 Å². The van der Waals surface area contributed by atoms with Crippen molar-refractivity contribution in [3.05, 3.63) is 66.0 Å². The molecule has 0 aliphatic carbocycles. The zero-order valence-corrected chi connectivity index (χ0v) is 13.0. The van der Waals surface area contributed by atoms with Crippen LogP contribution < -0.4 is 5.32 Å². The Hall–Kier alpha value is -3.28. The number of fused-ring (bicyclic) bond motifs is 1. The summed E-state index contributed by atoms with van der Waals surface area (Å²) in [5.74, 6) is -0.710. The van der Waals surface area contributed by atoms with Gasteiger partial charge in [0.25, 0.3) is 5.91 Å². The maximum atomic E-state index is 12.4. The Morgan fingerprint density at radius 1 is 1.00 bits per heavy atom. The van der Waals surface area contributed by atoms with Gasteiger partial charge in [0.1, 0.15) is 0 Å². The van der Waals surface area contributed by atoms with Crippen molar-refractivity contribution in [1.82, 2.24) is 9.97 Å². The summed E-state index contributed by atoms with van der Waals surface area (Å²) < 4.78 is 4.95. The van der Waals surface area contributed by atoms with Gasteiger partial charge in [0.15, 0.2) is 0 Å². The van der Waals surface area contributed by atoms with Gasteiger partial charge < -0.3 is 10.1 Å². The smallest absolute Gasteiger partial charge is 0.338 e. The summed E-state index contributed by atoms with van der Waals surface area (Å²) >= 11 is 0. The second-order valence-electron chi connectivity index (χ2n) is 5.02. The number of esters is 1. The third kappa shape index (κ3) is 3.38. The van der Waals surface area contributed by atoms with Crippen LogP contribution in [0.5, 0.6) is 0 Å². The zero-order valence-electron chi connectivity index (χ0n) is 13.0. The lowest BCUT2D eigenvalue weighted by molar-refractivity contribution is 0.0526. The fourth-order valence-electron chi connectivity index (χ4n) is 2.25. The van der Waals surface area contributed by atoms with E-state index >= 15 is 0 Å². The quantitative estimate of drug-likeness (QED) is 0.747. The molecule has 1 heterocycles. The van der Waals surface area contributed by atoms with E-state index in [0.717, 1.165) is 5.52 Å². The fraction of sp³-hybridized carbons (Fsp3) is 0.111. The Bertz CT molecular complexity index is 909. The summed E-state index contributed by atoms with van der Waals surface area (Å²) in [4.78, 5) is 32.5. The number of benzene rings is 2. The number of hydrogen-bond donors (Lipinski definition) is 1. The van der Waals surface area contributed by atoms with Gasteiger partial charge in [-0.1, -0.05) is 6.07 Å². The topological polar surface area (TPSA) is 81.2 Å². The fourth-order valence-corrected chi connectivity index (χ4v) is 2.25. The number of amides is 1. The second kappa shape index (κ2) is 6.87. The van der Waals surface area contributed by atoms with Crippen LogP contribution in [0.1, 0.15) is 27.6 Å². The summed E-state index contributed by atoms with van der Waals surface area (Å²) in [7, 11) is 0. The normalized spacial score (nSPS) is 10.4. The largest absolute Gasteiger partial charge is 0.462 e. The van der Waals surface area contributed by atoms with Gasteiger partial charge in [-0.15, -0.1) is 0 Å². The Morgan fingerprint density at radius 2 is 1.79 bits per heavy atom. The lowest BCUT2D eigenvalue weighted by atomic mass is 10.1. The highest BCUT2D eigenvalue weighted by Crippen LogP contribution is 2.15. The number of nitrogens with zero attached hydrogens (tertiary/aromatic N) is 2. The van der Waals surface area contributed by atoms with Crippen LogP contribution in [-0.2, 0) is 4.74 Å². The van der Waals surface area contributed by atoms with Gasteiger partial charge in [0.2, 0.25) is 0 Å². The minimum absolute atomic E-state index is 0.288. The Morgan fingerprint density at radius 3 is 2.58 bits per heavy atom. The molecule has 6 nitrogen and oxygen atoms in total. The van der Waals surface area contributed by atoms with Crippen LogP contribution in [0.2, 0.25) is 0 Å². The molecule has 0 spiro atoms. The minimum Gasteiger partial charge on any atom is -0.462 e. The number of nitrogens with one attached hydrogen (secondary N) is 1. The van der Waals surface area contributed by atoms with Crippen molar-refractivity contribution in [2.24, 2.45) is 0 Å². The van der Waals surface area contributed by atoms with E-state index in [2.05, 4.69) is 15.3 Å². The Labute approximate surface area is 138 Å². The molecule has 3 aromatic rings. The predicted molar refractivity (Wildman–Crippen MR) is 89.9 cm³/mol. The monoisotopic (exact) mass is 321 g/mol. The molecule has 1 aromatic heterocycles. The van der Waals surface area contributed by atoms with Crippen molar-refractivity contribution < 1.29 is 14.3 Å². The first-order chi connectivity index (χ1) is 11.7. The van der Waals surface area contributed by atoms with Crippen molar-refractivity contribution >= 4 is 28.6 Å². The molecule has 0 aliphatic rings. The standard InChI is InChI=1S/C18H15N3O3/c1-2-24-18(23)13-4-3-5-14(10-13)21-17(22)12-6-7-15-16(11-12)20-9-8-19-15/h3-11H,2H2,1H3,(H,21,22). The Kier molecular flexibility index (Phi) is 4.47. The van der Waals surface area contributed by atoms with E-state index in [4.69, 9.17) is 4.74 Å². The number of rotatable bonds is 4. The Balaban J connectivity index is 1.80. The van der Waals surface area contributed by atoms with Crippen LogP contribution in [0.3, 0.4) is 0 Å². The van der Waals surface area contributed by atoms with E-state index in [1.165, 1.54) is 0 Å². The number of anilines is 1. The van der Waals surface area contributed by atoms with E-state index in [0.29, 0.717) is 28.9 Å². The summed E-state index contributed by atoms with van der Waals surface area (Å²) in [6.45, 7) is 2.04. The molecule has 0 fully saturated rings. The first kappa shape index (κ1) is 15.6. The second-order valence-corrected chi connectivity index (χ2v) is 5.02. The van der Waals surface area contributed by atoms with Crippen molar-refractivity contribution in [1.29, 1.82) is 0 Å². The summed E-state index contributed by atoms with van der Waals surface area (Å²) in [5, 5.41) is 2.77. The molecule has 0 saturated carbocycles. The van der Waals surface area contributed by atoms with Crippen LogP contribution in [0.25, 0.3) is 11.0 Å². The van der Waals surface area contributed by atoms with E-state index in [-0.39, 0.29) is 5.91 Å². The molecule has 3 rings (SSSR count). The van der Waals surface area contributed by atoms with Gasteiger partial charge in [-0.3, -0.25) is 14.8 Å². The van der Waals surface area contributed by atoms with Gasteiger partial charge in [-0.2, -0.15) is 0 Å². The van der Waals surface area contributed by atoms with Gasteiger partial charge >= 0.3 is 5.97 Å². The summed E-state index contributed by atoms with van der Waals surface area (Å²) in [6.07, 6.45) is 3.18. The summed E-state index contributed by atoms with van der Waals surface area (Å²) in [5.41, 5.74) is 2.73. The molecule has 1 N–H and O–H groups in total. The van der Waals surface area contributed by atoms with Gasteiger partial charge in [-0.25, -0.2) is 4.79 Å². The van der Waals surface area contributed by atoms with Gasteiger partial charge in [-0.05, 0) is 43.3 Å². The van der Waals surface area contributed by atoms with Crippen LogP contribution in [0, 0.1) is 0 Å². The lowest BCUT2D eigenvalue weighted by Crippen LogP contribution is -2.13. The maximum absolute atomic E-state index is 12.4. The van der Waals surface area contributed by atoms with Crippen LogP contribution >= 0.6 is 0 Å². The minimum atomic E-state index is -0.422. The van der Waals surface area contributed by atoms with Crippen molar-refractivity contribution in [2.75, 3.05) is 11.9 Å². The molecular weight excluding hydrogens is 306 g/mol. The number of ether oxygens (including phenoxy) is 1. The molecule has 0 aliphatic heterocycles. The van der Waals surface area contributed by atoms with Crippen LogP contribution in [-0.4, -0.2) is 28.5 Å². The average molecular weight is 321 g/mol. The molecule has 1 amide bonds. The van der Waals surface area contributed by atoms with Crippen molar-refractivity contribution in [3.63, 3.8) is 0 Å². The molecule has 0 radical (unpaired) electrons. The molecule has 0 atom stereocenters. The molecule has 24 heavy (non-hydrogen) atoms.